The van der Waals surface area contributed by atoms with Crippen LogP contribution < -0.4 is 10.2 Å². The molecule has 0 aliphatic heterocycles. The second kappa shape index (κ2) is 6.01. The van der Waals surface area contributed by atoms with Gasteiger partial charge in [-0.25, -0.2) is 4.98 Å². The number of nitrogens with zero attached hydrogens (tertiary/aromatic N) is 3. The van der Waals surface area contributed by atoms with Crippen LogP contribution in [0.15, 0.2) is 47.4 Å². The lowest BCUT2D eigenvalue weighted by Gasteiger charge is -2.17. The smallest absolute Gasteiger partial charge is 0.152 e. The van der Waals surface area contributed by atoms with Crippen molar-refractivity contribution in [3.8, 4) is 0 Å². The maximum Gasteiger partial charge on any atom is 0.152 e. The van der Waals surface area contributed by atoms with Crippen molar-refractivity contribution in [1.82, 2.24) is 14.7 Å². The van der Waals surface area contributed by atoms with Crippen molar-refractivity contribution in [2.75, 3.05) is 18.5 Å². The standard InChI is InChI=1S/C16H20N4O/c1-3-17-10-14-16(18-15-6-4-5-8-20(14)15)19(2)11-13-7-9-21-12-13/h4-9,12,17H,3,10-11H2,1-2H3. The normalized spacial score (nSPS) is 11.1. The fraction of sp³-hybridized carbons (Fsp3) is 0.312. The predicted molar refractivity (Wildman–Crippen MR) is 83.4 cm³/mol. The van der Waals surface area contributed by atoms with E-state index < -0.39 is 0 Å². The molecule has 0 amide bonds. The molecule has 3 rings (SSSR count). The van der Waals surface area contributed by atoms with Crippen LogP contribution in [0.4, 0.5) is 5.82 Å². The number of fused-ring (bicyclic) bond motifs is 1. The molecular weight excluding hydrogens is 264 g/mol. The van der Waals surface area contributed by atoms with Crippen molar-refractivity contribution in [2.24, 2.45) is 0 Å². The first kappa shape index (κ1) is 13.7. The van der Waals surface area contributed by atoms with Crippen LogP contribution in [0.3, 0.4) is 0 Å². The van der Waals surface area contributed by atoms with Gasteiger partial charge in [0.1, 0.15) is 5.65 Å². The zero-order valence-electron chi connectivity index (χ0n) is 12.4. The highest BCUT2D eigenvalue weighted by atomic mass is 16.3. The minimum absolute atomic E-state index is 0.777. The van der Waals surface area contributed by atoms with Crippen molar-refractivity contribution in [1.29, 1.82) is 0 Å². The first-order valence-corrected chi connectivity index (χ1v) is 7.18. The Labute approximate surface area is 124 Å². The van der Waals surface area contributed by atoms with Crippen molar-refractivity contribution in [2.45, 2.75) is 20.0 Å². The molecule has 0 radical (unpaired) electrons. The number of imidazole rings is 1. The van der Waals surface area contributed by atoms with Crippen molar-refractivity contribution in [3.63, 3.8) is 0 Å². The highest BCUT2D eigenvalue weighted by Crippen LogP contribution is 2.22. The number of hydrogen-bond acceptors (Lipinski definition) is 4. The van der Waals surface area contributed by atoms with Gasteiger partial charge in [0.15, 0.2) is 5.82 Å². The van der Waals surface area contributed by atoms with Crippen LogP contribution in [0.5, 0.6) is 0 Å². The summed E-state index contributed by atoms with van der Waals surface area (Å²) in [5.74, 6) is 1.00. The largest absolute Gasteiger partial charge is 0.472 e. The van der Waals surface area contributed by atoms with Gasteiger partial charge in [-0.3, -0.25) is 0 Å². The predicted octanol–water partition coefficient (Wildman–Crippen LogP) is 2.67. The van der Waals surface area contributed by atoms with E-state index in [4.69, 9.17) is 9.40 Å². The van der Waals surface area contributed by atoms with Gasteiger partial charge in [0.05, 0.1) is 18.2 Å². The summed E-state index contributed by atoms with van der Waals surface area (Å²) in [5, 5.41) is 3.39. The molecule has 0 spiro atoms. The lowest BCUT2D eigenvalue weighted by atomic mass is 10.3. The maximum atomic E-state index is 5.14. The molecule has 5 nitrogen and oxygen atoms in total. The lowest BCUT2D eigenvalue weighted by Crippen LogP contribution is -2.21. The van der Waals surface area contributed by atoms with Crippen LogP contribution >= 0.6 is 0 Å². The van der Waals surface area contributed by atoms with Crippen LogP contribution in [0, 0.1) is 0 Å². The molecular formula is C16H20N4O. The second-order valence-corrected chi connectivity index (χ2v) is 5.08. The topological polar surface area (TPSA) is 45.7 Å². The third kappa shape index (κ3) is 2.78. The van der Waals surface area contributed by atoms with Crippen molar-refractivity contribution < 1.29 is 4.42 Å². The molecule has 0 atom stereocenters. The third-order valence-electron chi connectivity index (χ3n) is 3.51. The second-order valence-electron chi connectivity index (χ2n) is 5.08. The molecule has 0 bridgehead atoms. The van der Waals surface area contributed by atoms with Gasteiger partial charge in [-0.15, -0.1) is 0 Å². The number of nitrogens with one attached hydrogen (secondary N) is 1. The minimum atomic E-state index is 0.777. The Morgan fingerprint density at radius 2 is 2.24 bits per heavy atom. The van der Waals surface area contributed by atoms with Crippen molar-refractivity contribution >= 4 is 11.5 Å². The lowest BCUT2D eigenvalue weighted by molar-refractivity contribution is 0.563. The van der Waals surface area contributed by atoms with Gasteiger partial charge in [-0.1, -0.05) is 13.0 Å². The Bertz CT molecular complexity index is 702. The Kier molecular flexibility index (Phi) is 3.92. The van der Waals surface area contributed by atoms with Crippen LogP contribution in [0.1, 0.15) is 18.2 Å². The SMILES string of the molecule is CCNCc1c(N(C)Cc2ccoc2)nc2ccccn12. The van der Waals surface area contributed by atoms with Crippen LogP contribution in [-0.4, -0.2) is 23.0 Å². The van der Waals surface area contributed by atoms with Crippen molar-refractivity contribution in [3.05, 3.63) is 54.2 Å². The molecule has 3 aromatic heterocycles. The van der Waals surface area contributed by atoms with E-state index >= 15 is 0 Å². The van der Waals surface area contributed by atoms with E-state index in [9.17, 15) is 0 Å². The zero-order chi connectivity index (χ0) is 14.7. The molecule has 0 unspecified atom stereocenters. The highest BCUT2D eigenvalue weighted by Gasteiger charge is 2.15. The quantitative estimate of drug-likeness (QED) is 0.756. The molecule has 0 fully saturated rings. The number of aromatic nitrogens is 2. The maximum absolute atomic E-state index is 5.14. The van der Waals surface area contributed by atoms with E-state index in [2.05, 4.69) is 34.8 Å². The summed E-state index contributed by atoms with van der Waals surface area (Å²) in [4.78, 5) is 6.92. The number of hydrogen-bond donors (Lipinski definition) is 1. The molecule has 3 heterocycles. The molecule has 3 aromatic rings. The molecule has 0 aliphatic rings. The van der Waals surface area contributed by atoms with Gasteiger partial charge < -0.3 is 19.0 Å². The van der Waals surface area contributed by atoms with Gasteiger partial charge in [-0.2, -0.15) is 0 Å². The molecule has 0 saturated heterocycles. The average Bonchev–Trinajstić information content (AvgIpc) is 3.12. The van der Waals surface area contributed by atoms with Crippen LogP contribution in [0.2, 0.25) is 0 Å². The average molecular weight is 284 g/mol. The van der Waals surface area contributed by atoms with E-state index in [1.165, 1.54) is 5.69 Å². The highest BCUT2D eigenvalue weighted by molar-refractivity contribution is 5.55. The summed E-state index contributed by atoms with van der Waals surface area (Å²) < 4.78 is 7.28. The zero-order valence-corrected chi connectivity index (χ0v) is 12.4. The molecule has 0 aromatic carbocycles. The van der Waals surface area contributed by atoms with Gasteiger partial charge in [0, 0.05) is 31.9 Å². The molecule has 0 aliphatic carbocycles. The first-order valence-electron chi connectivity index (χ1n) is 7.18. The van der Waals surface area contributed by atoms with Crippen LogP contribution in [0.25, 0.3) is 5.65 Å². The number of pyridine rings is 1. The number of furan rings is 1. The summed E-state index contributed by atoms with van der Waals surface area (Å²) in [6.45, 7) is 4.62. The molecule has 0 saturated carbocycles. The third-order valence-corrected chi connectivity index (χ3v) is 3.51. The Balaban J connectivity index is 1.95. The van der Waals surface area contributed by atoms with Gasteiger partial charge in [-0.05, 0) is 24.7 Å². The molecule has 1 N–H and O–H groups in total. The van der Waals surface area contributed by atoms with Gasteiger partial charge in [0.25, 0.3) is 0 Å². The minimum Gasteiger partial charge on any atom is -0.472 e. The van der Waals surface area contributed by atoms with Gasteiger partial charge >= 0.3 is 0 Å². The van der Waals surface area contributed by atoms with Crippen LogP contribution in [-0.2, 0) is 13.1 Å². The van der Waals surface area contributed by atoms with E-state index in [-0.39, 0.29) is 0 Å². The Morgan fingerprint density at radius 1 is 1.33 bits per heavy atom. The molecule has 21 heavy (non-hydrogen) atoms. The fourth-order valence-corrected chi connectivity index (χ4v) is 2.48. The summed E-state index contributed by atoms with van der Waals surface area (Å²) in [6.07, 6.45) is 5.53. The van der Waals surface area contributed by atoms with E-state index in [0.29, 0.717) is 0 Å². The summed E-state index contributed by atoms with van der Waals surface area (Å²) >= 11 is 0. The number of anilines is 1. The Morgan fingerprint density at radius 3 is 3.00 bits per heavy atom. The van der Waals surface area contributed by atoms with Gasteiger partial charge in [0.2, 0.25) is 0 Å². The van der Waals surface area contributed by atoms with E-state index in [1.54, 1.807) is 12.5 Å². The number of rotatable bonds is 6. The molecule has 110 valence electrons. The molecule has 5 heteroatoms. The summed E-state index contributed by atoms with van der Waals surface area (Å²) in [7, 11) is 2.06. The van der Waals surface area contributed by atoms with E-state index in [1.807, 2.05) is 24.3 Å². The summed E-state index contributed by atoms with van der Waals surface area (Å²) in [5.41, 5.74) is 3.29. The summed E-state index contributed by atoms with van der Waals surface area (Å²) in [6, 6.07) is 8.06. The fourth-order valence-electron chi connectivity index (χ4n) is 2.48. The van der Waals surface area contributed by atoms with E-state index in [0.717, 1.165) is 36.7 Å². The first-order chi connectivity index (χ1) is 10.3. The Hall–Kier alpha value is -2.27. The monoisotopic (exact) mass is 284 g/mol.